The molecule has 3 aromatic rings. The number of nitrogens with one attached hydrogen (secondary N) is 1. The minimum Gasteiger partial charge on any atom is -0.494 e. The van der Waals surface area contributed by atoms with Crippen molar-refractivity contribution in [3.05, 3.63) is 59.4 Å². The summed E-state index contributed by atoms with van der Waals surface area (Å²) in [6.45, 7) is 4.61. The number of halogens is 1. The first kappa shape index (κ1) is 24.1. The van der Waals surface area contributed by atoms with Gasteiger partial charge < -0.3 is 14.1 Å². The van der Waals surface area contributed by atoms with Crippen LogP contribution < -0.4 is 9.46 Å². The van der Waals surface area contributed by atoms with Crippen molar-refractivity contribution in [1.29, 1.82) is 0 Å². The zero-order valence-electron chi connectivity index (χ0n) is 30.4. The topological polar surface area (TPSA) is 88.8 Å². The van der Waals surface area contributed by atoms with Crippen LogP contribution >= 0.6 is 12.4 Å². The van der Waals surface area contributed by atoms with Gasteiger partial charge in [-0.15, -0.1) is 12.4 Å². The molecular weight excluding hydrogens is 548 g/mol. The second-order valence-electron chi connectivity index (χ2n) is 9.57. The molecule has 0 radical (unpaired) electrons. The fourth-order valence-corrected chi connectivity index (χ4v) is 4.90. The molecule has 0 amide bonds. The van der Waals surface area contributed by atoms with E-state index in [0.29, 0.717) is 12.4 Å². The van der Waals surface area contributed by atoms with Crippen LogP contribution in [0.3, 0.4) is 0 Å². The number of furan rings is 1. The molecule has 9 heteroatoms. The zero-order valence-corrected chi connectivity index (χ0v) is 25.1. The Hall–Kier alpha value is -2.55. The number of nitrogens with zero attached hydrogens (tertiary/aromatic N) is 1. The van der Waals surface area contributed by atoms with Gasteiger partial charge in [0.1, 0.15) is 17.1 Å². The number of rotatable bonds is 18. The molecule has 0 aliphatic carbocycles. The lowest BCUT2D eigenvalue weighted by Gasteiger charge is -2.21. The van der Waals surface area contributed by atoms with E-state index in [-0.39, 0.29) is 46.0 Å². The molecule has 0 spiro atoms. The largest absolute Gasteiger partial charge is 0.494 e. The molecule has 1 aromatic heterocycles. The molecule has 40 heavy (non-hydrogen) atoms. The Morgan fingerprint density at radius 3 is 2.35 bits per heavy atom. The number of ether oxygens (including phenoxy) is 1. The van der Waals surface area contributed by atoms with E-state index in [4.69, 9.17) is 18.7 Å². The molecule has 1 N–H and O–H groups in total. The maximum atomic E-state index is 13.9. The van der Waals surface area contributed by atoms with Crippen molar-refractivity contribution in [3.8, 4) is 5.75 Å². The van der Waals surface area contributed by atoms with Crippen LogP contribution in [0.1, 0.15) is 96.8 Å². The molecule has 2 aromatic carbocycles. The lowest BCUT2D eigenvalue weighted by Crippen LogP contribution is -2.28. The fraction of sp³-hybridized carbons (Fsp3) is 0.516. The second-order valence-corrected chi connectivity index (χ2v) is 11.3. The van der Waals surface area contributed by atoms with Crippen molar-refractivity contribution in [1.82, 2.24) is 4.90 Å². The number of benzene rings is 2. The van der Waals surface area contributed by atoms with Crippen molar-refractivity contribution in [2.45, 2.75) is 72.0 Å². The molecule has 3 rings (SSSR count). The Bertz CT molecular complexity index is 1570. The van der Waals surface area contributed by atoms with Gasteiger partial charge in [0.2, 0.25) is 10.0 Å². The SMILES string of the molecule is Cl.[2H]C([2H])([2H])C([2H])([2H])C([2H])([2H])Cc1oc2ccc(NS(C)(=O)=O)cc2c1C(=O)c1ccc(OCCCN(CCCC)CCCC)cc1. The summed E-state index contributed by atoms with van der Waals surface area (Å²) in [5.41, 5.74) is 0.325. The molecule has 1 heterocycles. The van der Waals surface area contributed by atoms with E-state index in [1.165, 1.54) is 18.2 Å². The first-order valence-corrected chi connectivity index (χ1v) is 15.3. The minimum atomic E-state index is -3.67. The van der Waals surface area contributed by atoms with E-state index in [1.54, 1.807) is 24.3 Å². The number of hydrogen-bond acceptors (Lipinski definition) is 6. The van der Waals surface area contributed by atoms with Gasteiger partial charge in [0.05, 0.1) is 18.4 Å². The Kier molecular flexibility index (Phi) is 10.0. The van der Waals surface area contributed by atoms with Crippen molar-refractivity contribution < 1.29 is 32.0 Å². The van der Waals surface area contributed by atoms with Gasteiger partial charge in [-0.1, -0.05) is 39.9 Å². The standard InChI is InChI=1S/C31H44N2O5S.ClH/c1-5-8-12-29-30(27-23-25(32-39(4,35)36)15-18-28(27)38-29)31(34)24-13-16-26(17-14-24)37-22-11-21-33(19-9-6-2)20-10-7-3;/h13-18,23,32H,5-12,19-22H2,1-4H3;1H/i1D3,5D2,8D2;. The second kappa shape index (κ2) is 16.7. The monoisotopic (exact) mass is 599 g/mol. The first-order chi connectivity index (χ1) is 21.4. The number of carbonyl (C=O) groups is 1. The molecule has 222 valence electrons. The third kappa shape index (κ3) is 10.1. The summed E-state index contributed by atoms with van der Waals surface area (Å²) in [4.78, 5) is 16.4. The maximum Gasteiger partial charge on any atom is 0.229 e. The molecule has 0 atom stereocenters. The van der Waals surface area contributed by atoms with Crippen molar-refractivity contribution in [2.75, 3.05) is 37.2 Å². The normalized spacial score (nSPS) is 15.2. The van der Waals surface area contributed by atoms with Gasteiger partial charge in [0.15, 0.2) is 5.78 Å². The molecule has 0 fully saturated rings. The van der Waals surface area contributed by atoms with E-state index in [2.05, 4.69) is 23.5 Å². The van der Waals surface area contributed by atoms with Crippen LogP contribution in [-0.4, -0.2) is 51.6 Å². The highest BCUT2D eigenvalue weighted by Crippen LogP contribution is 2.32. The molecule has 0 unspecified atom stereocenters. The highest BCUT2D eigenvalue weighted by Gasteiger charge is 2.22. The summed E-state index contributed by atoms with van der Waals surface area (Å²) in [6, 6.07) is 10.6. The van der Waals surface area contributed by atoms with E-state index in [1.807, 2.05) is 0 Å². The number of anilines is 1. The minimum absolute atomic E-state index is 0. The number of sulfonamides is 1. The summed E-state index contributed by atoms with van der Waals surface area (Å²) < 4.78 is 93.1. The van der Waals surface area contributed by atoms with Gasteiger partial charge in [0, 0.05) is 39.2 Å². The van der Waals surface area contributed by atoms with Crippen LogP contribution in [0.2, 0.25) is 0 Å². The highest BCUT2D eigenvalue weighted by atomic mass is 35.5. The Labute approximate surface area is 256 Å². The molecule has 0 saturated heterocycles. The van der Waals surface area contributed by atoms with Gasteiger partial charge in [-0.25, -0.2) is 8.42 Å². The summed E-state index contributed by atoms with van der Waals surface area (Å²) in [5.74, 6) is -0.292. The molecule has 0 aliphatic rings. The Morgan fingerprint density at radius 2 is 1.73 bits per heavy atom. The van der Waals surface area contributed by atoms with Crippen LogP contribution in [0.15, 0.2) is 46.9 Å². The fourth-order valence-electron chi connectivity index (χ4n) is 4.35. The van der Waals surface area contributed by atoms with E-state index >= 15 is 0 Å². The molecule has 0 aliphatic heterocycles. The van der Waals surface area contributed by atoms with Gasteiger partial charge in [0.25, 0.3) is 0 Å². The number of aryl methyl sites for hydroxylation is 1. The third-order valence-corrected chi connectivity index (χ3v) is 6.89. The van der Waals surface area contributed by atoms with Crippen molar-refractivity contribution >= 4 is 44.9 Å². The molecule has 0 saturated carbocycles. The van der Waals surface area contributed by atoms with E-state index in [0.717, 1.165) is 58.0 Å². The van der Waals surface area contributed by atoms with Crippen LogP contribution in [0.4, 0.5) is 5.69 Å². The van der Waals surface area contributed by atoms with Gasteiger partial charge in [-0.05, 0) is 81.2 Å². The highest BCUT2D eigenvalue weighted by molar-refractivity contribution is 7.92. The number of unbranched alkanes of at least 4 members (excludes halogenated alkanes) is 2. The summed E-state index contributed by atoms with van der Waals surface area (Å²) >= 11 is 0. The predicted molar refractivity (Wildman–Crippen MR) is 167 cm³/mol. The summed E-state index contributed by atoms with van der Waals surface area (Å²) in [7, 11) is -3.67. The van der Waals surface area contributed by atoms with E-state index < -0.39 is 41.8 Å². The van der Waals surface area contributed by atoms with Crippen LogP contribution in [0.5, 0.6) is 5.75 Å². The average molecular weight is 600 g/mol. The third-order valence-electron chi connectivity index (χ3n) is 6.29. The average Bonchev–Trinajstić information content (AvgIpc) is 3.30. The van der Waals surface area contributed by atoms with Crippen molar-refractivity contribution in [3.63, 3.8) is 0 Å². The zero-order chi connectivity index (χ0) is 34.3. The van der Waals surface area contributed by atoms with Gasteiger partial charge in [-0.3, -0.25) is 9.52 Å². The lowest BCUT2D eigenvalue weighted by atomic mass is 9.98. The number of hydrogen-bond donors (Lipinski definition) is 1. The number of ketones is 1. The van der Waals surface area contributed by atoms with Crippen LogP contribution in [0.25, 0.3) is 11.0 Å². The summed E-state index contributed by atoms with van der Waals surface area (Å²) in [6.07, 6.45) is -0.701. The smallest absolute Gasteiger partial charge is 0.229 e. The predicted octanol–water partition coefficient (Wildman–Crippen LogP) is 7.47. The van der Waals surface area contributed by atoms with Crippen LogP contribution in [-0.2, 0) is 16.4 Å². The Morgan fingerprint density at radius 1 is 1.05 bits per heavy atom. The lowest BCUT2D eigenvalue weighted by molar-refractivity contribution is 0.103. The summed E-state index contributed by atoms with van der Waals surface area (Å²) in [5, 5.41) is 0.162. The van der Waals surface area contributed by atoms with E-state index in [9.17, 15) is 13.2 Å². The molecule has 7 nitrogen and oxygen atoms in total. The number of fused-ring (bicyclic) bond motifs is 1. The van der Waals surface area contributed by atoms with Gasteiger partial charge >= 0.3 is 0 Å². The number of carbonyl (C=O) groups excluding carboxylic acids is 1. The Balaban J connectivity index is 0.00000768. The maximum absolute atomic E-state index is 13.9. The quantitative estimate of drug-likeness (QED) is 0.120. The van der Waals surface area contributed by atoms with Crippen LogP contribution in [0, 0.1) is 0 Å². The van der Waals surface area contributed by atoms with Crippen molar-refractivity contribution in [2.24, 2.45) is 0 Å². The molecule has 0 bridgehead atoms. The first-order valence-electron chi connectivity index (χ1n) is 16.9. The van der Waals surface area contributed by atoms with Gasteiger partial charge in [-0.2, -0.15) is 0 Å². The molecular formula is C31H45ClN2O5S.